The van der Waals surface area contributed by atoms with E-state index in [4.69, 9.17) is 9.47 Å². The van der Waals surface area contributed by atoms with Gasteiger partial charge in [-0.1, -0.05) is 6.07 Å². The van der Waals surface area contributed by atoms with Gasteiger partial charge in [-0.15, -0.1) is 0 Å². The lowest BCUT2D eigenvalue weighted by atomic mass is 10.1. The van der Waals surface area contributed by atoms with Crippen molar-refractivity contribution in [3.8, 4) is 0 Å². The van der Waals surface area contributed by atoms with Gasteiger partial charge in [-0.3, -0.25) is 19.3 Å². The van der Waals surface area contributed by atoms with Crippen molar-refractivity contribution in [3.05, 3.63) is 29.3 Å². The molecule has 1 aliphatic rings. The number of amides is 3. The number of nitrogens with zero attached hydrogens (tertiary/aromatic N) is 1. The summed E-state index contributed by atoms with van der Waals surface area (Å²) in [5.41, 5.74) is 0.975. The minimum absolute atomic E-state index is 0.0389. The number of ether oxygens (including phenoxy) is 2. The predicted octanol–water partition coefficient (Wildman–Crippen LogP) is 0.451. The van der Waals surface area contributed by atoms with Crippen LogP contribution in [0.5, 0.6) is 0 Å². The summed E-state index contributed by atoms with van der Waals surface area (Å²) < 4.78 is 10.3. The predicted molar refractivity (Wildman–Crippen MR) is 101 cm³/mol. The molecule has 0 aromatic heterocycles. The van der Waals surface area contributed by atoms with Crippen molar-refractivity contribution in [1.82, 2.24) is 10.2 Å². The summed E-state index contributed by atoms with van der Waals surface area (Å²) in [6.07, 6.45) is 0.642. The molecule has 9 nitrogen and oxygen atoms in total. The Morgan fingerprint density at radius 1 is 1.21 bits per heavy atom. The van der Waals surface area contributed by atoms with Crippen LogP contribution < -0.4 is 10.6 Å². The van der Waals surface area contributed by atoms with Crippen molar-refractivity contribution in [2.24, 2.45) is 0 Å². The normalized spacial score (nSPS) is 14.0. The Bertz CT molecular complexity index is 736. The number of methoxy groups -OCH3 is 1. The molecule has 0 aliphatic carbocycles. The molecular formula is C19H25N3O6. The molecule has 0 radical (unpaired) electrons. The van der Waals surface area contributed by atoms with Gasteiger partial charge in [-0.2, -0.15) is 0 Å². The molecule has 3 amide bonds. The molecule has 1 atom stereocenters. The van der Waals surface area contributed by atoms with Gasteiger partial charge in [0.25, 0.3) is 11.8 Å². The third-order valence-electron chi connectivity index (χ3n) is 4.37. The molecule has 9 heteroatoms. The molecule has 2 N–H and O–H groups in total. The Morgan fingerprint density at radius 2 is 2.00 bits per heavy atom. The standard InChI is InChI=1S/C19H25N3O6/c1-20-16(24)7-6-13(12-23)22-18(25)14-4-3-5-15(17(14)19(22)26)21-8-9-28-11-10-27-2/h3-5,12-13,21H,6-11H2,1-2H3,(H,20,24). The molecule has 2 rings (SSSR count). The van der Waals surface area contributed by atoms with Gasteiger partial charge in [0.05, 0.1) is 37.0 Å². The topological polar surface area (TPSA) is 114 Å². The third-order valence-corrected chi connectivity index (χ3v) is 4.37. The van der Waals surface area contributed by atoms with E-state index in [0.29, 0.717) is 38.3 Å². The number of rotatable bonds is 12. The summed E-state index contributed by atoms with van der Waals surface area (Å²) in [4.78, 5) is 49.5. The largest absolute Gasteiger partial charge is 0.382 e. The molecule has 1 unspecified atom stereocenters. The van der Waals surface area contributed by atoms with Gasteiger partial charge in [0.1, 0.15) is 6.29 Å². The van der Waals surface area contributed by atoms with Crippen molar-refractivity contribution in [1.29, 1.82) is 0 Å². The maximum atomic E-state index is 12.9. The van der Waals surface area contributed by atoms with Gasteiger partial charge in [-0.05, 0) is 18.6 Å². The van der Waals surface area contributed by atoms with Gasteiger partial charge in [0, 0.05) is 32.8 Å². The fourth-order valence-corrected chi connectivity index (χ4v) is 2.92. The Balaban J connectivity index is 2.09. The molecule has 0 saturated heterocycles. The molecule has 1 aliphatic heterocycles. The Morgan fingerprint density at radius 3 is 2.68 bits per heavy atom. The highest BCUT2D eigenvalue weighted by Crippen LogP contribution is 2.31. The lowest BCUT2D eigenvalue weighted by Crippen LogP contribution is -2.41. The minimum atomic E-state index is -0.991. The highest BCUT2D eigenvalue weighted by atomic mass is 16.5. The van der Waals surface area contributed by atoms with Crippen LogP contribution in [-0.2, 0) is 19.1 Å². The Hall–Kier alpha value is -2.78. The van der Waals surface area contributed by atoms with E-state index in [1.54, 1.807) is 25.3 Å². The highest BCUT2D eigenvalue weighted by Gasteiger charge is 2.41. The van der Waals surface area contributed by atoms with E-state index < -0.39 is 17.9 Å². The molecule has 0 bridgehead atoms. The van der Waals surface area contributed by atoms with E-state index in [1.807, 2.05) is 0 Å². The lowest BCUT2D eigenvalue weighted by Gasteiger charge is -2.21. The van der Waals surface area contributed by atoms with Crippen LogP contribution in [0.1, 0.15) is 33.6 Å². The number of carbonyl (C=O) groups excluding carboxylic acids is 4. The van der Waals surface area contributed by atoms with Crippen LogP contribution >= 0.6 is 0 Å². The highest BCUT2D eigenvalue weighted by molar-refractivity contribution is 6.24. The first-order valence-electron chi connectivity index (χ1n) is 9.02. The van der Waals surface area contributed by atoms with Crippen LogP contribution in [0.15, 0.2) is 18.2 Å². The molecule has 28 heavy (non-hydrogen) atoms. The zero-order valence-corrected chi connectivity index (χ0v) is 16.0. The molecule has 1 aromatic rings. The molecule has 0 fully saturated rings. The van der Waals surface area contributed by atoms with Crippen LogP contribution in [0.3, 0.4) is 0 Å². The quantitative estimate of drug-likeness (QED) is 0.302. The molecule has 152 valence electrons. The molecule has 0 spiro atoms. The zero-order valence-electron chi connectivity index (χ0n) is 16.0. The van der Waals surface area contributed by atoms with Crippen LogP contribution in [0.25, 0.3) is 0 Å². The smallest absolute Gasteiger partial charge is 0.264 e. The number of hydrogen-bond donors (Lipinski definition) is 2. The monoisotopic (exact) mass is 391 g/mol. The Labute approximate surface area is 163 Å². The van der Waals surface area contributed by atoms with Crippen LogP contribution in [0.2, 0.25) is 0 Å². The summed E-state index contributed by atoms with van der Waals surface area (Å²) in [5.74, 6) is -1.34. The molecule has 1 aromatic carbocycles. The van der Waals surface area contributed by atoms with Gasteiger partial charge in [0.2, 0.25) is 5.91 Å². The second kappa shape index (κ2) is 10.5. The van der Waals surface area contributed by atoms with E-state index in [2.05, 4.69) is 10.6 Å². The van der Waals surface area contributed by atoms with Crippen LogP contribution in [-0.4, -0.2) is 75.5 Å². The zero-order chi connectivity index (χ0) is 20.5. The van der Waals surface area contributed by atoms with Gasteiger partial charge in [-0.25, -0.2) is 0 Å². The number of benzene rings is 1. The van der Waals surface area contributed by atoms with Crippen molar-refractivity contribution in [2.45, 2.75) is 18.9 Å². The van der Waals surface area contributed by atoms with Gasteiger partial charge < -0.3 is 24.9 Å². The molecule has 1 heterocycles. The number of anilines is 1. The third kappa shape index (κ3) is 4.93. The molecule has 0 saturated carbocycles. The van der Waals surface area contributed by atoms with E-state index in [9.17, 15) is 19.2 Å². The first-order chi connectivity index (χ1) is 13.5. The summed E-state index contributed by atoms with van der Waals surface area (Å²) in [6, 6.07) is 3.93. The summed E-state index contributed by atoms with van der Waals surface area (Å²) >= 11 is 0. The first-order valence-corrected chi connectivity index (χ1v) is 9.02. The second-order valence-electron chi connectivity index (χ2n) is 6.16. The number of aldehydes is 1. The fourth-order valence-electron chi connectivity index (χ4n) is 2.92. The van der Waals surface area contributed by atoms with E-state index >= 15 is 0 Å². The van der Waals surface area contributed by atoms with Crippen molar-refractivity contribution in [3.63, 3.8) is 0 Å². The van der Waals surface area contributed by atoms with Crippen molar-refractivity contribution in [2.75, 3.05) is 45.8 Å². The van der Waals surface area contributed by atoms with E-state index in [-0.39, 0.29) is 29.9 Å². The number of fused-ring (bicyclic) bond motifs is 1. The number of imide groups is 1. The number of hydrogen-bond acceptors (Lipinski definition) is 7. The number of nitrogens with one attached hydrogen (secondary N) is 2. The first kappa shape index (κ1) is 21.5. The van der Waals surface area contributed by atoms with E-state index in [1.165, 1.54) is 7.05 Å². The fraction of sp³-hybridized carbons (Fsp3) is 0.474. The van der Waals surface area contributed by atoms with Crippen LogP contribution in [0.4, 0.5) is 5.69 Å². The summed E-state index contributed by atoms with van der Waals surface area (Å²) in [6.45, 7) is 1.80. The summed E-state index contributed by atoms with van der Waals surface area (Å²) in [7, 11) is 3.07. The Kier molecular flexibility index (Phi) is 8.09. The maximum absolute atomic E-state index is 12.9. The van der Waals surface area contributed by atoms with Gasteiger partial charge >= 0.3 is 0 Å². The summed E-state index contributed by atoms with van der Waals surface area (Å²) in [5, 5.41) is 5.54. The van der Waals surface area contributed by atoms with E-state index in [0.717, 1.165) is 4.90 Å². The minimum Gasteiger partial charge on any atom is -0.382 e. The van der Waals surface area contributed by atoms with Crippen molar-refractivity contribution >= 4 is 29.7 Å². The average Bonchev–Trinajstić information content (AvgIpc) is 2.96. The van der Waals surface area contributed by atoms with Gasteiger partial charge in [0.15, 0.2) is 0 Å². The average molecular weight is 391 g/mol. The lowest BCUT2D eigenvalue weighted by molar-refractivity contribution is -0.121. The second-order valence-corrected chi connectivity index (χ2v) is 6.16. The molecular weight excluding hydrogens is 366 g/mol. The maximum Gasteiger partial charge on any atom is 0.264 e. The SMILES string of the molecule is CNC(=O)CCC(C=O)N1C(=O)c2cccc(NCCOCCOC)c2C1=O. The van der Waals surface area contributed by atoms with Crippen molar-refractivity contribution < 1.29 is 28.7 Å². The van der Waals surface area contributed by atoms with Crippen LogP contribution in [0, 0.1) is 0 Å². The number of carbonyl (C=O) groups is 4.